The van der Waals surface area contributed by atoms with Gasteiger partial charge in [0.15, 0.2) is 5.69 Å². The predicted molar refractivity (Wildman–Crippen MR) is 92.1 cm³/mol. The number of aromatic nitrogens is 4. The number of fused-ring (bicyclic) bond motifs is 1. The third-order valence-electron chi connectivity index (χ3n) is 4.96. The highest BCUT2D eigenvalue weighted by molar-refractivity contribution is 5.89. The Bertz CT molecular complexity index is 775. The number of nitrogens with zero attached hydrogens (tertiary/aromatic N) is 4. The average Bonchev–Trinajstić information content (AvgIpc) is 3.21. The van der Waals surface area contributed by atoms with Crippen LogP contribution in [-0.4, -0.2) is 43.8 Å². The van der Waals surface area contributed by atoms with E-state index in [0.717, 1.165) is 55.6 Å². The van der Waals surface area contributed by atoms with Crippen LogP contribution >= 0.6 is 0 Å². The zero-order chi connectivity index (χ0) is 17.4. The third kappa shape index (κ3) is 3.46. The molecule has 2 aromatic heterocycles. The number of H-pyrrole nitrogens is 1. The van der Waals surface area contributed by atoms with Crippen LogP contribution in [0.1, 0.15) is 53.0 Å². The molecule has 0 aromatic carbocycles. The van der Waals surface area contributed by atoms with E-state index < -0.39 is 0 Å². The van der Waals surface area contributed by atoms with Gasteiger partial charge in [-0.1, -0.05) is 0 Å². The second kappa shape index (κ2) is 6.63. The van der Waals surface area contributed by atoms with E-state index >= 15 is 0 Å². The highest BCUT2D eigenvalue weighted by Crippen LogP contribution is 2.33. The van der Waals surface area contributed by atoms with Gasteiger partial charge in [0.05, 0.1) is 6.61 Å². The first-order valence-electron chi connectivity index (χ1n) is 9.12. The van der Waals surface area contributed by atoms with Crippen molar-refractivity contribution in [1.29, 1.82) is 0 Å². The molecule has 25 heavy (non-hydrogen) atoms. The summed E-state index contributed by atoms with van der Waals surface area (Å²) in [4.78, 5) is 22.2. The fourth-order valence-corrected chi connectivity index (χ4v) is 3.53. The minimum absolute atomic E-state index is 0.299. The minimum atomic E-state index is -0.299. The van der Waals surface area contributed by atoms with Crippen molar-refractivity contribution < 1.29 is 9.53 Å². The number of aromatic amines is 1. The lowest BCUT2D eigenvalue weighted by molar-refractivity contribution is 0.0515. The maximum absolute atomic E-state index is 12.4. The summed E-state index contributed by atoms with van der Waals surface area (Å²) in [6, 6.07) is 0. The number of hydrogen-bond donors (Lipinski definition) is 1. The Kier molecular flexibility index (Phi) is 4.33. The Morgan fingerprint density at radius 2 is 2.28 bits per heavy atom. The topological polar surface area (TPSA) is 76.0 Å². The van der Waals surface area contributed by atoms with Crippen LogP contribution in [0, 0.1) is 12.8 Å². The quantitative estimate of drug-likeness (QED) is 0.813. The maximum atomic E-state index is 12.4. The number of rotatable bonds is 6. The molecule has 0 saturated heterocycles. The van der Waals surface area contributed by atoms with E-state index in [-0.39, 0.29) is 5.97 Å². The fraction of sp³-hybridized carbons (Fsp3) is 0.611. The second-order valence-corrected chi connectivity index (χ2v) is 7.07. The summed E-state index contributed by atoms with van der Waals surface area (Å²) in [5.41, 5.74) is 3.86. The van der Waals surface area contributed by atoms with E-state index in [2.05, 4.69) is 24.6 Å². The molecule has 1 saturated carbocycles. The summed E-state index contributed by atoms with van der Waals surface area (Å²) < 4.78 is 7.30. The summed E-state index contributed by atoms with van der Waals surface area (Å²) in [6.07, 6.45) is 5.35. The molecule has 7 heteroatoms. The van der Waals surface area contributed by atoms with Crippen molar-refractivity contribution in [3.05, 3.63) is 34.7 Å². The van der Waals surface area contributed by atoms with Crippen LogP contribution in [0.2, 0.25) is 0 Å². The van der Waals surface area contributed by atoms with Crippen molar-refractivity contribution in [2.45, 2.75) is 52.7 Å². The Morgan fingerprint density at radius 3 is 2.96 bits per heavy atom. The molecule has 1 N–H and O–H groups in total. The van der Waals surface area contributed by atoms with Crippen molar-refractivity contribution in [1.82, 2.24) is 24.6 Å². The standard InChI is InChI=1S/C18H25N5O2/c1-3-25-18(24)17-15-11-22(10-14-8-19-12(2)20-14)7-6-16(15)23(21-17)9-13-4-5-13/h8,13H,3-7,9-11H2,1-2H3,(H,19,20). The molecule has 0 amide bonds. The van der Waals surface area contributed by atoms with Crippen molar-refractivity contribution in [3.63, 3.8) is 0 Å². The van der Waals surface area contributed by atoms with Gasteiger partial charge in [-0.25, -0.2) is 9.78 Å². The molecule has 0 radical (unpaired) electrons. The molecule has 1 aliphatic carbocycles. The monoisotopic (exact) mass is 343 g/mol. The van der Waals surface area contributed by atoms with Gasteiger partial charge in [0, 0.05) is 55.7 Å². The fourth-order valence-electron chi connectivity index (χ4n) is 3.53. The van der Waals surface area contributed by atoms with Gasteiger partial charge in [-0.15, -0.1) is 0 Å². The number of hydrogen-bond acceptors (Lipinski definition) is 5. The second-order valence-electron chi connectivity index (χ2n) is 7.07. The molecule has 0 atom stereocenters. The lowest BCUT2D eigenvalue weighted by Gasteiger charge is -2.27. The van der Waals surface area contributed by atoms with Gasteiger partial charge in [-0.05, 0) is 32.6 Å². The van der Waals surface area contributed by atoms with Gasteiger partial charge in [-0.3, -0.25) is 9.58 Å². The van der Waals surface area contributed by atoms with Gasteiger partial charge < -0.3 is 9.72 Å². The average molecular weight is 343 g/mol. The molecule has 4 rings (SSSR count). The zero-order valence-electron chi connectivity index (χ0n) is 14.9. The zero-order valence-corrected chi connectivity index (χ0v) is 14.9. The van der Waals surface area contributed by atoms with E-state index in [9.17, 15) is 4.79 Å². The molecule has 0 bridgehead atoms. The van der Waals surface area contributed by atoms with Crippen molar-refractivity contribution in [3.8, 4) is 0 Å². The molecule has 1 fully saturated rings. The van der Waals surface area contributed by atoms with Crippen LogP contribution in [0.15, 0.2) is 6.20 Å². The third-order valence-corrected chi connectivity index (χ3v) is 4.96. The van der Waals surface area contributed by atoms with Gasteiger partial charge in [0.1, 0.15) is 5.82 Å². The molecule has 1 aliphatic heterocycles. The molecule has 0 spiro atoms. The predicted octanol–water partition coefficient (Wildman–Crippen LogP) is 2.06. The molecule has 3 heterocycles. The van der Waals surface area contributed by atoms with Crippen LogP contribution in [0.4, 0.5) is 0 Å². The molecular weight excluding hydrogens is 318 g/mol. The molecule has 2 aliphatic rings. The van der Waals surface area contributed by atoms with E-state index in [0.29, 0.717) is 12.3 Å². The SMILES string of the molecule is CCOC(=O)c1nn(CC2CC2)c2c1CN(Cc1cnc(C)[nH]1)CC2. The van der Waals surface area contributed by atoms with Crippen LogP contribution in [0.5, 0.6) is 0 Å². The molecule has 134 valence electrons. The largest absolute Gasteiger partial charge is 0.461 e. The van der Waals surface area contributed by atoms with Gasteiger partial charge in [0.2, 0.25) is 0 Å². The Balaban J connectivity index is 1.57. The van der Waals surface area contributed by atoms with Gasteiger partial charge in [0.25, 0.3) is 0 Å². The van der Waals surface area contributed by atoms with E-state index in [4.69, 9.17) is 4.74 Å². The minimum Gasteiger partial charge on any atom is -0.461 e. The number of carbonyl (C=O) groups is 1. The molecular formula is C18H25N5O2. The summed E-state index contributed by atoms with van der Waals surface area (Å²) in [5.74, 6) is 1.36. The summed E-state index contributed by atoms with van der Waals surface area (Å²) >= 11 is 0. The first kappa shape index (κ1) is 16.3. The van der Waals surface area contributed by atoms with Gasteiger partial charge >= 0.3 is 5.97 Å². The van der Waals surface area contributed by atoms with Crippen LogP contribution in [0.25, 0.3) is 0 Å². The number of carbonyl (C=O) groups excluding carboxylic acids is 1. The van der Waals surface area contributed by atoms with Crippen molar-refractivity contribution in [2.75, 3.05) is 13.2 Å². The first-order valence-corrected chi connectivity index (χ1v) is 9.12. The Labute approximate surface area is 147 Å². The van der Waals surface area contributed by atoms with Crippen LogP contribution < -0.4 is 0 Å². The van der Waals surface area contributed by atoms with E-state index in [1.807, 2.05) is 20.0 Å². The Hall–Kier alpha value is -2.15. The number of esters is 1. The van der Waals surface area contributed by atoms with Crippen LogP contribution in [-0.2, 0) is 30.8 Å². The van der Waals surface area contributed by atoms with Gasteiger partial charge in [-0.2, -0.15) is 5.10 Å². The lowest BCUT2D eigenvalue weighted by Crippen LogP contribution is -2.31. The first-order chi connectivity index (χ1) is 12.1. The molecule has 2 aromatic rings. The lowest BCUT2D eigenvalue weighted by atomic mass is 10.0. The Morgan fingerprint density at radius 1 is 1.44 bits per heavy atom. The van der Waals surface area contributed by atoms with Crippen molar-refractivity contribution in [2.24, 2.45) is 5.92 Å². The highest BCUT2D eigenvalue weighted by atomic mass is 16.5. The summed E-state index contributed by atoms with van der Waals surface area (Å²) in [7, 11) is 0. The number of imidazole rings is 1. The smallest absolute Gasteiger partial charge is 0.359 e. The number of ether oxygens (including phenoxy) is 1. The number of aryl methyl sites for hydroxylation is 1. The number of nitrogens with one attached hydrogen (secondary N) is 1. The maximum Gasteiger partial charge on any atom is 0.359 e. The van der Waals surface area contributed by atoms with Crippen LogP contribution in [0.3, 0.4) is 0 Å². The molecule has 0 unspecified atom stereocenters. The highest BCUT2D eigenvalue weighted by Gasteiger charge is 2.31. The summed E-state index contributed by atoms with van der Waals surface area (Å²) in [6.45, 7) is 7.59. The normalized spacial score (nSPS) is 17.5. The molecule has 7 nitrogen and oxygen atoms in total. The van der Waals surface area contributed by atoms with E-state index in [1.165, 1.54) is 18.5 Å². The van der Waals surface area contributed by atoms with Crippen molar-refractivity contribution >= 4 is 5.97 Å². The summed E-state index contributed by atoms with van der Waals surface area (Å²) in [5, 5.41) is 4.63. The van der Waals surface area contributed by atoms with E-state index in [1.54, 1.807) is 0 Å².